The quantitative estimate of drug-likeness (QED) is 0.246. The van der Waals surface area contributed by atoms with Gasteiger partial charge in [0.2, 0.25) is 0 Å². The highest BCUT2D eigenvalue weighted by Gasteiger charge is 2.34. The van der Waals surface area contributed by atoms with Crippen molar-refractivity contribution in [2.45, 2.75) is 53.3 Å². The average molecular weight is 618 g/mol. The molecule has 1 atom stereocenters. The van der Waals surface area contributed by atoms with Crippen molar-refractivity contribution in [1.82, 2.24) is 9.13 Å². The van der Waals surface area contributed by atoms with Crippen molar-refractivity contribution < 1.29 is 28.5 Å². The molecule has 0 spiro atoms. The van der Waals surface area contributed by atoms with Crippen LogP contribution in [0.3, 0.4) is 0 Å². The summed E-state index contributed by atoms with van der Waals surface area (Å²) < 4.78 is 25.9. The van der Waals surface area contributed by atoms with Gasteiger partial charge in [0.15, 0.2) is 16.3 Å². The molecule has 0 radical (unpaired) electrons. The molecule has 1 aliphatic rings. The molecule has 0 amide bonds. The summed E-state index contributed by atoms with van der Waals surface area (Å²) in [5.74, 6) is 0.139. The third-order valence-electron chi connectivity index (χ3n) is 7.09. The second-order valence-corrected chi connectivity index (χ2v) is 11.4. The molecule has 1 aliphatic heterocycles. The average Bonchev–Trinajstić information content (AvgIpc) is 3.48. The van der Waals surface area contributed by atoms with Crippen LogP contribution in [0.5, 0.6) is 11.5 Å². The van der Waals surface area contributed by atoms with Gasteiger partial charge in [-0.15, -0.1) is 0 Å². The number of allylic oxidation sites excluding steroid dienone is 1. The van der Waals surface area contributed by atoms with E-state index in [2.05, 4.69) is 4.99 Å². The molecule has 230 valence electrons. The first-order chi connectivity index (χ1) is 21.2. The van der Waals surface area contributed by atoms with Crippen LogP contribution >= 0.6 is 11.3 Å². The second-order valence-electron chi connectivity index (χ2n) is 10.4. The van der Waals surface area contributed by atoms with Gasteiger partial charge in [-0.1, -0.05) is 35.6 Å². The van der Waals surface area contributed by atoms with Crippen molar-refractivity contribution in [2.75, 3.05) is 20.3 Å². The van der Waals surface area contributed by atoms with Gasteiger partial charge >= 0.3 is 11.9 Å². The van der Waals surface area contributed by atoms with Crippen molar-refractivity contribution >= 4 is 40.3 Å². The van der Waals surface area contributed by atoms with E-state index in [1.165, 1.54) is 15.9 Å². The maximum Gasteiger partial charge on any atom is 0.338 e. The van der Waals surface area contributed by atoms with Gasteiger partial charge in [0, 0.05) is 22.7 Å². The number of esters is 2. The Balaban J connectivity index is 1.69. The summed E-state index contributed by atoms with van der Waals surface area (Å²) in [5.41, 5.74) is 2.69. The molecule has 11 heteroatoms. The topological polar surface area (TPSA) is 110 Å². The molecule has 0 N–H and O–H groups in total. The normalized spacial score (nSPS) is 14.9. The summed E-state index contributed by atoms with van der Waals surface area (Å²) >= 11 is 1.23. The molecule has 44 heavy (non-hydrogen) atoms. The molecular weight excluding hydrogens is 582 g/mol. The lowest BCUT2D eigenvalue weighted by Gasteiger charge is -2.25. The van der Waals surface area contributed by atoms with E-state index in [4.69, 9.17) is 18.9 Å². The number of ether oxygens (including phenoxy) is 4. The van der Waals surface area contributed by atoms with Crippen molar-refractivity contribution in [3.63, 3.8) is 0 Å². The lowest BCUT2D eigenvalue weighted by molar-refractivity contribution is -0.143. The Morgan fingerprint density at radius 1 is 1.07 bits per heavy atom. The van der Waals surface area contributed by atoms with E-state index in [1.807, 2.05) is 54.9 Å². The summed E-state index contributed by atoms with van der Waals surface area (Å²) in [6, 6.07) is 12.2. The number of carbonyl (C=O) groups excluding carboxylic acids is 2. The van der Waals surface area contributed by atoms with Crippen LogP contribution in [0.4, 0.5) is 0 Å². The minimum absolute atomic E-state index is 0.0455. The number of fused-ring (bicyclic) bond motifs is 2. The predicted molar refractivity (Wildman–Crippen MR) is 168 cm³/mol. The Morgan fingerprint density at radius 2 is 1.82 bits per heavy atom. The fraction of sp³-hybridized carbons (Fsp3) is 0.333. The van der Waals surface area contributed by atoms with E-state index < -0.39 is 12.0 Å². The van der Waals surface area contributed by atoms with E-state index in [0.717, 1.165) is 16.5 Å². The summed E-state index contributed by atoms with van der Waals surface area (Å²) in [6.45, 7) is 9.60. The fourth-order valence-corrected chi connectivity index (χ4v) is 6.36. The molecule has 0 aliphatic carbocycles. The fourth-order valence-electron chi connectivity index (χ4n) is 5.32. The van der Waals surface area contributed by atoms with Gasteiger partial charge in [-0.25, -0.2) is 9.79 Å². The largest absolute Gasteiger partial charge is 0.493 e. The number of hydrogen-bond acceptors (Lipinski definition) is 9. The highest BCUT2D eigenvalue weighted by atomic mass is 32.1. The van der Waals surface area contributed by atoms with Gasteiger partial charge in [0.1, 0.15) is 6.54 Å². The van der Waals surface area contributed by atoms with E-state index in [-0.39, 0.29) is 36.4 Å². The maximum atomic E-state index is 14.2. The smallest absolute Gasteiger partial charge is 0.338 e. The van der Waals surface area contributed by atoms with Crippen LogP contribution in [0, 0.1) is 0 Å². The molecule has 0 saturated heterocycles. The number of methoxy groups -OCH3 is 1. The molecule has 5 rings (SSSR count). The van der Waals surface area contributed by atoms with E-state index >= 15 is 0 Å². The molecule has 0 unspecified atom stereocenters. The monoisotopic (exact) mass is 617 g/mol. The third-order valence-corrected chi connectivity index (χ3v) is 8.08. The highest BCUT2D eigenvalue weighted by molar-refractivity contribution is 7.07. The molecule has 2 aromatic heterocycles. The van der Waals surface area contributed by atoms with Gasteiger partial charge in [-0.05, 0) is 64.5 Å². The van der Waals surface area contributed by atoms with E-state index in [0.29, 0.717) is 38.7 Å². The molecule has 0 fully saturated rings. The molecule has 0 saturated carbocycles. The van der Waals surface area contributed by atoms with Gasteiger partial charge in [-0.2, -0.15) is 0 Å². The number of thiazole rings is 1. The number of carbonyl (C=O) groups is 2. The highest BCUT2D eigenvalue weighted by Crippen LogP contribution is 2.36. The third kappa shape index (κ3) is 5.92. The van der Waals surface area contributed by atoms with Crippen LogP contribution in [0.2, 0.25) is 0 Å². The first-order valence-electron chi connectivity index (χ1n) is 14.4. The van der Waals surface area contributed by atoms with E-state index in [9.17, 15) is 14.4 Å². The Morgan fingerprint density at radius 3 is 2.52 bits per heavy atom. The second kappa shape index (κ2) is 12.9. The van der Waals surface area contributed by atoms with Gasteiger partial charge in [0.05, 0.1) is 48.3 Å². The molecule has 3 heterocycles. The van der Waals surface area contributed by atoms with E-state index in [1.54, 1.807) is 46.1 Å². The molecular formula is C33H35N3O7S. The Bertz CT molecular complexity index is 1950. The number of hydrogen-bond donors (Lipinski definition) is 0. The van der Waals surface area contributed by atoms with Crippen LogP contribution in [0.15, 0.2) is 69.7 Å². The van der Waals surface area contributed by atoms with Crippen molar-refractivity contribution in [1.29, 1.82) is 0 Å². The minimum atomic E-state index is -0.806. The maximum absolute atomic E-state index is 14.2. The van der Waals surface area contributed by atoms with Crippen molar-refractivity contribution in [3.05, 3.63) is 90.7 Å². The Kier molecular flexibility index (Phi) is 9.05. The van der Waals surface area contributed by atoms with Crippen molar-refractivity contribution in [2.24, 2.45) is 4.99 Å². The van der Waals surface area contributed by atoms with Crippen LogP contribution in [-0.2, 0) is 25.6 Å². The number of benzene rings is 2. The van der Waals surface area contributed by atoms with Gasteiger partial charge in [-0.3, -0.25) is 14.2 Å². The number of para-hydroxylation sites is 1. The zero-order valence-electron chi connectivity index (χ0n) is 25.6. The first kappa shape index (κ1) is 30.8. The van der Waals surface area contributed by atoms with Crippen LogP contribution in [0.1, 0.15) is 51.8 Å². The lowest BCUT2D eigenvalue weighted by Crippen LogP contribution is -2.40. The lowest BCUT2D eigenvalue weighted by atomic mass is 9.95. The molecule has 4 aromatic rings. The van der Waals surface area contributed by atoms with Crippen molar-refractivity contribution in [3.8, 4) is 11.5 Å². The van der Waals surface area contributed by atoms with Gasteiger partial charge in [0.25, 0.3) is 5.56 Å². The SMILES string of the molecule is CCOC(=O)Cn1cc(/C=c2/sc3n(c2=O)[C@H](c2ccc(OC(C)C)c(OC)c2)C(C(=O)OCC)=C(C)N=3)c2ccccc21. The van der Waals surface area contributed by atoms with Crippen LogP contribution in [0.25, 0.3) is 17.0 Å². The molecule has 0 bridgehead atoms. The molecule has 10 nitrogen and oxygen atoms in total. The standard InChI is InChI=1S/C33H35N3O7S/c1-7-41-28(37)18-35-17-22(23-11-9-10-12-24(23)35)16-27-31(38)36-30(21-13-14-25(43-19(3)4)26(15-21)40-6)29(32(39)42-8-2)20(5)34-33(36)44-27/h9-17,19,30H,7-8,18H2,1-6H3/b27-16+/t30-/m1/s1. The molecule has 2 aromatic carbocycles. The Labute approximate surface area is 258 Å². The zero-order chi connectivity index (χ0) is 31.5. The minimum Gasteiger partial charge on any atom is -0.493 e. The summed E-state index contributed by atoms with van der Waals surface area (Å²) in [5, 5.41) is 0.882. The number of nitrogens with zero attached hydrogens (tertiary/aromatic N) is 3. The van der Waals surface area contributed by atoms with Crippen LogP contribution in [-0.4, -0.2) is 47.5 Å². The summed E-state index contributed by atoms with van der Waals surface area (Å²) in [6.07, 6.45) is 3.56. The Hall–Kier alpha value is -4.64. The summed E-state index contributed by atoms with van der Waals surface area (Å²) in [7, 11) is 1.55. The summed E-state index contributed by atoms with van der Waals surface area (Å²) in [4.78, 5) is 44.9. The van der Waals surface area contributed by atoms with Crippen LogP contribution < -0.4 is 24.4 Å². The number of rotatable bonds is 10. The number of aromatic nitrogens is 2. The predicted octanol–water partition coefficient (Wildman–Crippen LogP) is 4.11. The van der Waals surface area contributed by atoms with Gasteiger partial charge < -0.3 is 23.5 Å². The zero-order valence-corrected chi connectivity index (χ0v) is 26.4. The first-order valence-corrected chi connectivity index (χ1v) is 15.3.